The molecule has 0 N–H and O–H groups in total. The molecular weight excluding hydrogens is 391 g/mol. The van der Waals surface area contributed by atoms with Crippen molar-refractivity contribution in [2.45, 2.75) is 5.33 Å². The summed E-state index contributed by atoms with van der Waals surface area (Å²) in [6.07, 6.45) is 0. The molecule has 88 valence electrons. The van der Waals surface area contributed by atoms with Crippen LogP contribution in [0, 0.1) is 7.14 Å². The van der Waals surface area contributed by atoms with Crippen molar-refractivity contribution in [2.24, 2.45) is 0 Å². The Labute approximate surface area is 121 Å². The standard InChI is InChI=1S/C14H13BrIO/c1-17-14-8-6-13(7-9-14)16-12-4-2-11(10-15)3-5-12/h2-9H,10H2,1H3/q+1. The minimum Gasteiger partial charge on any atom is -0.497 e. The molecule has 0 aliphatic carbocycles. The largest absolute Gasteiger partial charge is 0.497 e. The van der Waals surface area contributed by atoms with Crippen molar-refractivity contribution in [3.05, 3.63) is 61.2 Å². The predicted octanol–water partition coefficient (Wildman–Crippen LogP) is 0.719. The molecule has 0 aromatic heterocycles. The average Bonchev–Trinajstić information content (AvgIpc) is 2.40. The van der Waals surface area contributed by atoms with Crippen molar-refractivity contribution in [3.8, 4) is 5.75 Å². The molecule has 3 heteroatoms. The summed E-state index contributed by atoms with van der Waals surface area (Å²) < 4.78 is 8.01. The van der Waals surface area contributed by atoms with Crippen molar-refractivity contribution >= 4 is 15.9 Å². The summed E-state index contributed by atoms with van der Waals surface area (Å²) in [5, 5.41) is 0.925. The predicted molar refractivity (Wildman–Crippen MR) is 69.5 cm³/mol. The molecule has 0 saturated carbocycles. The Morgan fingerprint density at radius 1 is 0.941 bits per heavy atom. The van der Waals surface area contributed by atoms with E-state index in [0.29, 0.717) is 0 Å². The van der Waals surface area contributed by atoms with E-state index in [4.69, 9.17) is 4.74 Å². The summed E-state index contributed by atoms with van der Waals surface area (Å²) in [6.45, 7) is 0. The second-order valence-electron chi connectivity index (χ2n) is 3.51. The summed E-state index contributed by atoms with van der Waals surface area (Å²) in [7, 11) is 1.70. The van der Waals surface area contributed by atoms with E-state index < -0.39 is 0 Å². The minimum absolute atomic E-state index is 0.0783. The van der Waals surface area contributed by atoms with Crippen LogP contribution in [-0.2, 0) is 5.33 Å². The van der Waals surface area contributed by atoms with Gasteiger partial charge in [-0.25, -0.2) is 0 Å². The van der Waals surface area contributed by atoms with Crippen LogP contribution in [0.1, 0.15) is 5.56 Å². The first kappa shape index (κ1) is 12.9. The maximum atomic E-state index is 5.16. The van der Waals surface area contributed by atoms with Crippen LogP contribution in [0.15, 0.2) is 48.5 Å². The SMILES string of the molecule is COc1ccc([I+]c2ccc(CBr)cc2)cc1. The van der Waals surface area contributed by atoms with Gasteiger partial charge in [-0.05, 0) is 42.0 Å². The molecule has 0 unspecified atom stereocenters. The molecule has 0 saturated heterocycles. The number of benzene rings is 2. The number of hydrogen-bond acceptors (Lipinski definition) is 1. The maximum absolute atomic E-state index is 5.16. The second kappa shape index (κ2) is 6.40. The number of alkyl halides is 1. The fourth-order valence-electron chi connectivity index (χ4n) is 1.40. The molecule has 2 aromatic rings. The van der Waals surface area contributed by atoms with Crippen LogP contribution in [0.3, 0.4) is 0 Å². The highest BCUT2D eigenvalue weighted by Crippen LogP contribution is 2.06. The van der Waals surface area contributed by atoms with Crippen LogP contribution < -0.4 is 25.9 Å². The summed E-state index contributed by atoms with van der Waals surface area (Å²) in [4.78, 5) is 0. The van der Waals surface area contributed by atoms with Gasteiger partial charge in [0, 0.05) is 5.33 Å². The van der Waals surface area contributed by atoms with Gasteiger partial charge in [-0.15, -0.1) is 0 Å². The molecule has 0 amide bonds. The highest BCUT2D eigenvalue weighted by atomic mass is 127. The summed E-state index contributed by atoms with van der Waals surface area (Å²) in [6, 6.07) is 17.2. The van der Waals surface area contributed by atoms with Crippen molar-refractivity contribution < 1.29 is 25.9 Å². The highest BCUT2D eigenvalue weighted by molar-refractivity contribution is 9.08. The Morgan fingerprint density at radius 3 is 1.94 bits per heavy atom. The Balaban J connectivity index is 2.08. The van der Waals surface area contributed by atoms with Crippen LogP contribution in [0.4, 0.5) is 0 Å². The number of methoxy groups -OCH3 is 1. The lowest BCUT2D eigenvalue weighted by molar-refractivity contribution is -0.597. The number of halogens is 2. The van der Waals surface area contributed by atoms with E-state index in [1.807, 2.05) is 12.1 Å². The number of ether oxygens (including phenoxy) is 1. The van der Waals surface area contributed by atoms with E-state index in [9.17, 15) is 0 Å². The molecule has 0 spiro atoms. The Bertz CT molecular complexity index is 419. The molecule has 2 rings (SSSR count). The molecule has 2 aromatic carbocycles. The maximum Gasteiger partial charge on any atom is 0.357 e. The smallest absolute Gasteiger partial charge is 0.357 e. The molecule has 17 heavy (non-hydrogen) atoms. The van der Waals surface area contributed by atoms with E-state index in [-0.39, 0.29) is 21.2 Å². The van der Waals surface area contributed by atoms with Crippen LogP contribution in [0.2, 0.25) is 0 Å². The average molecular weight is 404 g/mol. The van der Waals surface area contributed by atoms with Gasteiger partial charge in [-0.3, -0.25) is 0 Å². The van der Waals surface area contributed by atoms with E-state index in [1.165, 1.54) is 12.7 Å². The van der Waals surface area contributed by atoms with Gasteiger partial charge in [0.25, 0.3) is 0 Å². The zero-order chi connectivity index (χ0) is 12.1. The van der Waals surface area contributed by atoms with Crippen molar-refractivity contribution in [3.63, 3.8) is 0 Å². The molecular formula is C14H13BrIO+. The zero-order valence-corrected chi connectivity index (χ0v) is 13.2. The third kappa shape index (κ3) is 3.71. The second-order valence-corrected chi connectivity index (χ2v) is 7.10. The molecule has 0 heterocycles. The minimum atomic E-state index is -0.0783. The quantitative estimate of drug-likeness (QED) is 0.540. The molecule has 0 radical (unpaired) electrons. The van der Waals surface area contributed by atoms with Gasteiger partial charge in [0.15, 0.2) is 7.14 Å². The van der Waals surface area contributed by atoms with Crippen molar-refractivity contribution in [1.82, 2.24) is 0 Å². The Hall–Kier alpha value is -0.550. The molecule has 0 aliphatic heterocycles. The molecule has 0 bridgehead atoms. The fraction of sp³-hybridized carbons (Fsp3) is 0.143. The Kier molecular flexibility index (Phi) is 4.86. The normalized spacial score (nSPS) is 10.2. The van der Waals surface area contributed by atoms with Gasteiger partial charge in [-0.1, -0.05) is 28.1 Å². The third-order valence-corrected chi connectivity index (χ3v) is 5.67. The molecule has 0 fully saturated rings. The molecule has 1 nitrogen and oxygen atoms in total. The summed E-state index contributed by atoms with van der Waals surface area (Å²) in [5.41, 5.74) is 1.33. The third-order valence-electron chi connectivity index (χ3n) is 2.34. The van der Waals surface area contributed by atoms with Crippen LogP contribution in [0.25, 0.3) is 0 Å². The van der Waals surface area contributed by atoms with E-state index >= 15 is 0 Å². The van der Waals surface area contributed by atoms with Crippen LogP contribution >= 0.6 is 15.9 Å². The molecule has 0 atom stereocenters. The van der Waals surface area contributed by atoms with Crippen molar-refractivity contribution in [2.75, 3.05) is 7.11 Å². The van der Waals surface area contributed by atoms with E-state index in [1.54, 1.807) is 7.11 Å². The van der Waals surface area contributed by atoms with Gasteiger partial charge in [0.05, 0.1) is 7.11 Å². The van der Waals surface area contributed by atoms with E-state index in [2.05, 4.69) is 52.3 Å². The molecule has 0 aliphatic rings. The summed E-state index contributed by atoms with van der Waals surface area (Å²) in [5.74, 6) is 0.924. The Morgan fingerprint density at radius 2 is 1.47 bits per heavy atom. The van der Waals surface area contributed by atoms with Crippen molar-refractivity contribution in [1.29, 1.82) is 0 Å². The summed E-state index contributed by atoms with van der Waals surface area (Å²) >= 11 is 3.38. The van der Waals surface area contributed by atoms with E-state index in [0.717, 1.165) is 11.1 Å². The van der Waals surface area contributed by atoms with Gasteiger partial charge in [0.1, 0.15) is 5.75 Å². The van der Waals surface area contributed by atoms with Crippen LogP contribution in [0.5, 0.6) is 5.75 Å². The number of hydrogen-bond donors (Lipinski definition) is 0. The fourth-order valence-corrected chi connectivity index (χ4v) is 3.93. The monoisotopic (exact) mass is 403 g/mol. The zero-order valence-electron chi connectivity index (χ0n) is 9.49. The van der Waals surface area contributed by atoms with Gasteiger partial charge in [-0.2, -0.15) is 0 Å². The first-order valence-electron chi connectivity index (χ1n) is 5.25. The highest BCUT2D eigenvalue weighted by Gasteiger charge is 2.14. The van der Waals surface area contributed by atoms with Gasteiger partial charge in [0.2, 0.25) is 0 Å². The lowest BCUT2D eigenvalue weighted by atomic mass is 10.2. The van der Waals surface area contributed by atoms with Crippen LogP contribution in [-0.4, -0.2) is 7.11 Å². The first-order chi connectivity index (χ1) is 8.31. The lowest BCUT2D eigenvalue weighted by Gasteiger charge is -1.96. The number of rotatable bonds is 4. The lowest BCUT2D eigenvalue weighted by Crippen LogP contribution is -3.61. The first-order valence-corrected chi connectivity index (χ1v) is 8.53. The van der Waals surface area contributed by atoms with Gasteiger partial charge < -0.3 is 4.74 Å². The topological polar surface area (TPSA) is 9.23 Å². The van der Waals surface area contributed by atoms with Gasteiger partial charge >= 0.3 is 21.2 Å².